The van der Waals surface area contributed by atoms with E-state index in [1.165, 1.54) is 7.11 Å². The lowest BCUT2D eigenvalue weighted by atomic mass is 10.1. The molecule has 7 nitrogen and oxygen atoms in total. The van der Waals surface area contributed by atoms with E-state index >= 15 is 0 Å². The van der Waals surface area contributed by atoms with E-state index in [1.54, 1.807) is 6.20 Å². The molecule has 1 aromatic carbocycles. The van der Waals surface area contributed by atoms with Crippen LogP contribution in [-0.4, -0.2) is 39.2 Å². The summed E-state index contributed by atoms with van der Waals surface area (Å²) in [7, 11) is 1.37. The SMILES string of the molecule is COC(=O)CNc1c(-c2ccc3[nH]ncc3c2)nc2ccccn12. The molecule has 24 heavy (non-hydrogen) atoms. The van der Waals surface area contributed by atoms with Gasteiger partial charge in [0.2, 0.25) is 0 Å². The van der Waals surface area contributed by atoms with Crippen LogP contribution in [0.15, 0.2) is 48.8 Å². The Labute approximate surface area is 137 Å². The Morgan fingerprint density at radius 3 is 3.12 bits per heavy atom. The highest BCUT2D eigenvalue weighted by molar-refractivity contribution is 5.87. The highest BCUT2D eigenvalue weighted by Crippen LogP contribution is 2.30. The van der Waals surface area contributed by atoms with E-state index in [0.717, 1.165) is 33.6 Å². The van der Waals surface area contributed by atoms with Gasteiger partial charge in [-0.15, -0.1) is 0 Å². The molecule has 120 valence electrons. The van der Waals surface area contributed by atoms with E-state index in [4.69, 9.17) is 9.72 Å². The molecule has 7 heteroatoms. The van der Waals surface area contributed by atoms with Crippen molar-refractivity contribution in [1.82, 2.24) is 19.6 Å². The highest BCUT2D eigenvalue weighted by Gasteiger charge is 2.15. The lowest BCUT2D eigenvalue weighted by Crippen LogP contribution is -2.16. The average molecular weight is 321 g/mol. The van der Waals surface area contributed by atoms with Crippen molar-refractivity contribution in [2.45, 2.75) is 0 Å². The van der Waals surface area contributed by atoms with Gasteiger partial charge in [-0.3, -0.25) is 14.3 Å². The zero-order valence-corrected chi connectivity index (χ0v) is 13.0. The van der Waals surface area contributed by atoms with Crippen molar-refractivity contribution >= 4 is 28.3 Å². The molecule has 0 fully saturated rings. The van der Waals surface area contributed by atoms with Gasteiger partial charge in [0.1, 0.15) is 23.7 Å². The maximum atomic E-state index is 11.5. The summed E-state index contributed by atoms with van der Waals surface area (Å²) in [6.45, 7) is 0.0696. The Morgan fingerprint density at radius 1 is 1.33 bits per heavy atom. The van der Waals surface area contributed by atoms with Crippen molar-refractivity contribution in [1.29, 1.82) is 0 Å². The monoisotopic (exact) mass is 321 g/mol. The van der Waals surface area contributed by atoms with E-state index in [-0.39, 0.29) is 12.5 Å². The first-order valence-corrected chi connectivity index (χ1v) is 7.47. The van der Waals surface area contributed by atoms with Crippen LogP contribution in [0, 0.1) is 0 Å². The van der Waals surface area contributed by atoms with Crippen molar-refractivity contribution in [3.8, 4) is 11.3 Å². The summed E-state index contributed by atoms with van der Waals surface area (Å²) in [5, 5.41) is 11.1. The zero-order valence-electron chi connectivity index (χ0n) is 13.0. The predicted octanol–water partition coefficient (Wildman–Crippen LogP) is 2.46. The quantitative estimate of drug-likeness (QED) is 0.564. The lowest BCUT2D eigenvalue weighted by molar-refractivity contribution is -0.138. The number of benzene rings is 1. The van der Waals surface area contributed by atoms with Crippen molar-refractivity contribution in [3.63, 3.8) is 0 Å². The average Bonchev–Trinajstić information content (AvgIpc) is 3.23. The third kappa shape index (κ3) is 2.36. The van der Waals surface area contributed by atoms with Crippen LogP contribution < -0.4 is 5.32 Å². The Hall–Kier alpha value is -3.35. The number of hydrogen-bond acceptors (Lipinski definition) is 5. The van der Waals surface area contributed by atoms with Crippen LogP contribution in [0.1, 0.15) is 0 Å². The summed E-state index contributed by atoms with van der Waals surface area (Å²) in [5.74, 6) is 0.413. The number of esters is 1. The maximum Gasteiger partial charge on any atom is 0.325 e. The third-order valence-electron chi connectivity index (χ3n) is 3.87. The number of nitrogens with one attached hydrogen (secondary N) is 2. The first-order chi connectivity index (χ1) is 11.8. The van der Waals surface area contributed by atoms with Gasteiger partial charge in [-0.05, 0) is 24.3 Å². The first-order valence-electron chi connectivity index (χ1n) is 7.47. The van der Waals surface area contributed by atoms with Crippen molar-refractivity contribution in [2.24, 2.45) is 0 Å². The highest BCUT2D eigenvalue weighted by atomic mass is 16.5. The number of anilines is 1. The number of rotatable bonds is 4. The van der Waals surface area contributed by atoms with Gasteiger partial charge in [0.25, 0.3) is 0 Å². The second kappa shape index (κ2) is 5.69. The molecular formula is C17H15N5O2. The number of pyridine rings is 1. The summed E-state index contributed by atoms with van der Waals surface area (Å²) >= 11 is 0. The molecule has 0 radical (unpaired) electrons. The Morgan fingerprint density at radius 2 is 2.25 bits per heavy atom. The third-order valence-corrected chi connectivity index (χ3v) is 3.87. The fraction of sp³-hybridized carbons (Fsp3) is 0.118. The molecule has 0 unspecified atom stereocenters. The Balaban J connectivity index is 1.84. The second-order valence-corrected chi connectivity index (χ2v) is 5.34. The van der Waals surface area contributed by atoms with Gasteiger partial charge >= 0.3 is 5.97 Å². The number of aromatic nitrogens is 4. The van der Waals surface area contributed by atoms with Gasteiger partial charge < -0.3 is 10.1 Å². The summed E-state index contributed by atoms with van der Waals surface area (Å²) < 4.78 is 6.62. The number of methoxy groups -OCH3 is 1. The normalized spacial score (nSPS) is 11.0. The predicted molar refractivity (Wildman–Crippen MR) is 90.8 cm³/mol. The molecule has 0 aliphatic heterocycles. The standard InChI is InChI=1S/C17H15N5O2/c1-24-15(23)10-18-17-16(20-14-4-2-3-7-22(14)17)11-5-6-13-12(8-11)9-19-21-13/h2-9,18H,10H2,1H3,(H,19,21). The number of hydrogen-bond donors (Lipinski definition) is 2. The molecule has 3 heterocycles. The van der Waals surface area contributed by atoms with E-state index in [0.29, 0.717) is 0 Å². The minimum absolute atomic E-state index is 0.0696. The van der Waals surface area contributed by atoms with Gasteiger partial charge in [0.15, 0.2) is 0 Å². The Bertz CT molecular complexity index is 1030. The van der Waals surface area contributed by atoms with Gasteiger partial charge in [0.05, 0.1) is 18.8 Å². The number of carbonyl (C=O) groups is 1. The van der Waals surface area contributed by atoms with Crippen LogP contribution in [0.25, 0.3) is 27.8 Å². The van der Waals surface area contributed by atoms with Crippen molar-refractivity contribution in [2.75, 3.05) is 19.0 Å². The molecule has 0 saturated carbocycles. The fourth-order valence-corrected chi connectivity index (χ4v) is 2.68. The van der Waals surface area contributed by atoms with E-state index in [2.05, 4.69) is 15.5 Å². The minimum atomic E-state index is -0.336. The van der Waals surface area contributed by atoms with Crippen LogP contribution in [0.2, 0.25) is 0 Å². The zero-order chi connectivity index (χ0) is 16.5. The minimum Gasteiger partial charge on any atom is -0.468 e. The first kappa shape index (κ1) is 14.3. The summed E-state index contributed by atoms with van der Waals surface area (Å²) in [5.41, 5.74) is 3.48. The number of H-pyrrole nitrogens is 1. The molecule has 0 atom stereocenters. The van der Waals surface area contributed by atoms with E-state index in [9.17, 15) is 4.79 Å². The molecule has 0 bridgehead atoms. The van der Waals surface area contributed by atoms with Gasteiger partial charge in [-0.25, -0.2) is 4.98 Å². The van der Waals surface area contributed by atoms with Crippen molar-refractivity contribution < 1.29 is 9.53 Å². The molecular weight excluding hydrogens is 306 g/mol. The van der Waals surface area contributed by atoms with Crippen molar-refractivity contribution in [3.05, 3.63) is 48.8 Å². The molecule has 0 amide bonds. The summed E-state index contributed by atoms with van der Waals surface area (Å²) in [4.78, 5) is 16.2. The summed E-state index contributed by atoms with van der Waals surface area (Å²) in [6, 6.07) is 11.7. The summed E-state index contributed by atoms with van der Waals surface area (Å²) in [6.07, 6.45) is 3.68. The van der Waals surface area contributed by atoms with Crippen LogP contribution in [0.4, 0.5) is 5.82 Å². The molecule has 4 aromatic rings. The number of aromatic amines is 1. The van der Waals surface area contributed by atoms with Crippen LogP contribution in [-0.2, 0) is 9.53 Å². The fourth-order valence-electron chi connectivity index (χ4n) is 2.68. The largest absolute Gasteiger partial charge is 0.468 e. The molecule has 0 spiro atoms. The van der Waals surface area contributed by atoms with Crippen LogP contribution >= 0.6 is 0 Å². The molecule has 0 aliphatic carbocycles. The van der Waals surface area contributed by atoms with E-state index < -0.39 is 0 Å². The van der Waals surface area contributed by atoms with E-state index in [1.807, 2.05) is 47.0 Å². The molecule has 2 N–H and O–H groups in total. The van der Waals surface area contributed by atoms with Gasteiger partial charge in [-0.1, -0.05) is 12.1 Å². The Kier molecular flexibility index (Phi) is 3.38. The topological polar surface area (TPSA) is 84.3 Å². The smallest absolute Gasteiger partial charge is 0.325 e. The van der Waals surface area contributed by atoms with Crippen LogP contribution in [0.3, 0.4) is 0 Å². The number of nitrogens with zero attached hydrogens (tertiary/aromatic N) is 3. The molecule has 3 aromatic heterocycles. The maximum absolute atomic E-state index is 11.5. The number of fused-ring (bicyclic) bond motifs is 2. The molecule has 0 aliphatic rings. The molecule has 0 saturated heterocycles. The number of imidazole rings is 1. The number of carbonyl (C=O) groups excluding carboxylic acids is 1. The second-order valence-electron chi connectivity index (χ2n) is 5.34. The van der Waals surface area contributed by atoms with Gasteiger partial charge in [-0.2, -0.15) is 5.10 Å². The van der Waals surface area contributed by atoms with Gasteiger partial charge in [0, 0.05) is 17.1 Å². The number of ether oxygens (including phenoxy) is 1. The molecule has 4 rings (SSSR count). The lowest BCUT2D eigenvalue weighted by Gasteiger charge is -2.08. The van der Waals surface area contributed by atoms with Crippen LogP contribution in [0.5, 0.6) is 0 Å².